The van der Waals surface area contributed by atoms with Gasteiger partial charge in [-0.1, -0.05) is 12.2 Å². The van der Waals surface area contributed by atoms with Gasteiger partial charge in [0.1, 0.15) is 4.88 Å². The Morgan fingerprint density at radius 1 is 1.57 bits per heavy atom. The molecule has 5 heteroatoms. The van der Waals surface area contributed by atoms with Crippen LogP contribution in [0.4, 0.5) is 0 Å². The topological polar surface area (TPSA) is 80.4 Å². The number of aromatic carboxylic acids is 1. The molecule has 0 aliphatic heterocycles. The maximum Gasteiger partial charge on any atom is 0.346 e. The summed E-state index contributed by atoms with van der Waals surface area (Å²) in [5.41, 5.74) is 5.53. The highest BCUT2D eigenvalue weighted by atomic mass is 32.1. The lowest BCUT2D eigenvalue weighted by molar-refractivity contribution is -0.117. The molecule has 0 saturated carbocycles. The SMILES string of the molecule is NC(=O)CC=Cc1ccsc1C(=O)O. The molecule has 0 aromatic carbocycles. The van der Waals surface area contributed by atoms with E-state index in [2.05, 4.69) is 0 Å². The van der Waals surface area contributed by atoms with Crippen LogP contribution in [0.3, 0.4) is 0 Å². The van der Waals surface area contributed by atoms with Crippen LogP contribution in [0.5, 0.6) is 0 Å². The Labute approximate surface area is 84.7 Å². The molecule has 0 saturated heterocycles. The molecule has 74 valence electrons. The minimum absolute atomic E-state index is 0.120. The fourth-order valence-electron chi connectivity index (χ4n) is 0.926. The fraction of sp³-hybridized carbons (Fsp3) is 0.111. The Kier molecular flexibility index (Phi) is 3.41. The van der Waals surface area contributed by atoms with Crippen LogP contribution >= 0.6 is 11.3 Å². The van der Waals surface area contributed by atoms with Crippen LogP contribution < -0.4 is 5.73 Å². The van der Waals surface area contributed by atoms with Crippen molar-refractivity contribution in [3.63, 3.8) is 0 Å². The normalized spacial score (nSPS) is 10.6. The number of carboxylic acid groups (broad SMARTS) is 1. The summed E-state index contributed by atoms with van der Waals surface area (Å²) in [6, 6.07) is 1.69. The van der Waals surface area contributed by atoms with Crippen LogP contribution in [0.25, 0.3) is 6.08 Å². The molecule has 0 bridgehead atoms. The van der Waals surface area contributed by atoms with Gasteiger partial charge in [-0.2, -0.15) is 0 Å². The molecular weight excluding hydrogens is 202 g/mol. The second-order valence-corrected chi connectivity index (χ2v) is 3.50. The van der Waals surface area contributed by atoms with Crippen molar-refractivity contribution < 1.29 is 14.7 Å². The van der Waals surface area contributed by atoms with E-state index >= 15 is 0 Å². The Morgan fingerprint density at radius 2 is 2.29 bits per heavy atom. The van der Waals surface area contributed by atoms with Gasteiger partial charge in [-0.25, -0.2) is 4.79 Å². The molecule has 0 fully saturated rings. The standard InChI is InChI=1S/C9H9NO3S/c10-7(11)3-1-2-6-4-5-14-8(6)9(12)13/h1-2,4-5H,3H2,(H2,10,11)(H,12,13). The Hall–Kier alpha value is -1.62. The van der Waals surface area contributed by atoms with E-state index in [9.17, 15) is 9.59 Å². The van der Waals surface area contributed by atoms with Crippen molar-refractivity contribution in [2.75, 3.05) is 0 Å². The van der Waals surface area contributed by atoms with E-state index in [0.29, 0.717) is 5.56 Å². The van der Waals surface area contributed by atoms with Crippen LogP contribution in [0.15, 0.2) is 17.5 Å². The molecule has 0 atom stereocenters. The number of amides is 1. The van der Waals surface area contributed by atoms with Crippen molar-refractivity contribution in [3.05, 3.63) is 28.0 Å². The zero-order chi connectivity index (χ0) is 10.6. The molecule has 0 radical (unpaired) electrons. The number of hydrogen-bond acceptors (Lipinski definition) is 3. The first-order valence-electron chi connectivity index (χ1n) is 3.87. The van der Waals surface area contributed by atoms with Gasteiger partial charge >= 0.3 is 5.97 Å². The van der Waals surface area contributed by atoms with Crippen LogP contribution in [0.2, 0.25) is 0 Å². The van der Waals surface area contributed by atoms with Gasteiger partial charge in [0.25, 0.3) is 0 Å². The predicted molar refractivity (Wildman–Crippen MR) is 54.1 cm³/mol. The molecule has 0 unspecified atom stereocenters. The first-order chi connectivity index (χ1) is 6.61. The minimum atomic E-state index is -0.960. The van der Waals surface area contributed by atoms with Gasteiger partial charge in [-0.05, 0) is 17.0 Å². The predicted octanol–water partition coefficient (Wildman–Crippen LogP) is 1.33. The summed E-state index contributed by atoms with van der Waals surface area (Å²) in [6.07, 6.45) is 3.26. The van der Waals surface area contributed by atoms with Crippen LogP contribution in [0, 0.1) is 0 Å². The number of hydrogen-bond donors (Lipinski definition) is 2. The van der Waals surface area contributed by atoms with Gasteiger partial charge < -0.3 is 10.8 Å². The maximum atomic E-state index is 10.7. The van der Waals surface area contributed by atoms with E-state index in [1.807, 2.05) is 0 Å². The zero-order valence-electron chi connectivity index (χ0n) is 7.27. The average molecular weight is 211 g/mol. The number of carbonyl (C=O) groups excluding carboxylic acids is 1. The zero-order valence-corrected chi connectivity index (χ0v) is 8.08. The summed E-state index contributed by atoms with van der Waals surface area (Å²) in [4.78, 5) is 21.3. The number of carbonyl (C=O) groups is 2. The third kappa shape index (κ3) is 2.70. The lowest BCUT2D eigenvalue weighted by atomic mass is 10.2. The van der Waals surface area contributed by atoms with E-state index in [4.69, 9.17) is 10.8 Å². The van der Waals surface area contributed by atoms with Crippen molar-refractivity contribution in [2.45, 2.75) is 6.42 Å². The third-order valence-electron chi connectivity index (χ3n) is 1.51. The highest BCUT2D eigenvalue weighted by Crippen LogP contribution is 2.18. The highest BCUT2D eigenvalue weighted by Gasteiger charge is 2.08. The maximum absolute atomic E-state index is 10.7. The summed E-state index contributed by atoms with van der Waals surface area (Å²) in [5.74, 6) is -1.40. The molecule has 1 heterocycles. The van der Waals surface area contributed by atoms with Gasteiger partial charge in [0.2, 0.25) is 5.91 Å². The smallest absolute Gasteiger partial charge is 0.346 e. The molecule has 0 aliphatic carbocycles. The summed E-state index contributed by atoms with van der Waals surface area (Å²) < 4.78 is 0. The quantitative estimate of drug-likeness (QED) is 0.788. The lowest BCUT2D eigenvalue weighted by Gasteiger charge is -1.91. The van der Waals surface area contributed by atoms with Gasteiger partial charge in [0, 0.05) is 6.42 Å². The molecule has 1 aromatic heterocycles. The fourth-order valence-corrected chi connectivity index (χ4v) is 1.65. The van der Waals surface area contributed by atoms with Gasteiger partial charge in [-0.3, -0.25) is 4.79 Å². The summed E-state index contributed by atoms with van der Waals surface area (Å²) >= 11 is 1.15. The minimum Gasteiger partial charge on any atom is -0.477 e. The molecule has 0 spiro atoms. The van der Waals surface area contributed by atoms with Gasteiger partial charge in [0.15, 0.2) is 0 Å². The van der Waals surface area contributed by atoms with E-state index in [1.165, 1.54) is 0 Å². The number of thiophene rings is 1. The molecule has 1 amide bonds. The van der Waals surface area contributed by atoms with E-state index in [0.717, 1.165) is 11.3 Å². The largest absolute Gasteiger partial charge is 0.477 e. The number of carboxylic acids is 1. The van der Waals surface area contributed by atoms with Crippen LogP contribution in [-0.2, 0) is 4.79 Å². The second-order valence-electron chi connectivity index (χ2n) is 2.58. The van der Waals surface area contributed by atoms with Gasteiger partial charge in [0.05, 0.1) is 0 Å². The molecule has 14 heavy (non-hydrogen) atoms. The summed E-state index contributed by atoms with van der Waals surface area (Å²) in [5, 5.41) is 10.4. The van der Waals surface area contributed by atoms with Crippen molar-refractivity contribution in [3.8, 4) is 0 Å². The van der Waals surface area contributed by atoms with Crippen LogP contribution in [0.1, 0.15) is 21.7 Å². The average Bonchev–Trinajstić information content (AvgIpc) is 2.51. The molecule has 1 aromatic rings. The molecule has 0 aliphatic rings. The summed E-state index contributed by atoms with van der Waals surface area (Å²) in [6.45, 7) is 0. The second kappa shape index (κ2) is 4.57. The molecular formula is C9H9NO3S. The number of rotatable bonds is 4. The molecule has 1 rings (SSSR count). The van der Waals surface area contributed by atoms with E-state index in [1.54, 1.807) is 23.6 Å². The first kappa shape index (κ1) is 10.5. The third-order valence-corrected chi connectivity index (χ3v) is 2.42. The Bertz CT molecular complexity index is 381. The number of nitrogens with two attached hydrogens (primary N) is 1. The van der Waals surface area contributed by atoms with Crippen molar-refractivity contribution in [2.24, 2.45) is 5.73 Å². The highest BCUT2D eigenvalue weighted by molar-refractivity contribution is 7.12. The van der Waals surface area contributed by atoms with Crippen molar-refractivity contribution >= 4 is 29.3 Å². The van der Waals surface area contributed by atoms with E-state index < -0.39 is 11.9 Å². The summed E-state index contributed by atoms with van der Waals surface area (Å²) in [7, 11) is 0. The van der Waals surface area contributed by atoms with Crippen molar-refractivity contribution in [1.82, 2.24) is 0 Å². The van der Waals surface area contributed by atoms with Crippen LogP contribution in [-0.4, -0.2) is 17.0 Å². The Balaban J connectivity index is 2.76. The van der Waals surface area contributed by atoms with Gasteiger partial charge in [-0.15, -0.1) is 11.3 Å². The van der Waals surface area contributed by atoms with Crippen molar-refractivity contribution in [1.29, 1.82) is 0 Å². The monoisotopic (exact) mass is 211 g/mol. The molecule has 3 N–H and O–H groups in total. The molecule has 4 nitrogen and oxygen atoms in total. The lowest BCUT2D eigenvalue weighted by Crippen LogP contribution is -2.07. The Morgan fingerprint density at radius 3 is 2.86 bits per heavy atom. The van der Waals surface area contributed by atoms with E-state index in [-0.39, 0.29) is 11.3 Å². The first-order valence-corrected chi connectivity index (χ1v) is 4.75. The number of primary amides is 1.